The second-order valence-electron chi connectivity index (χ2n) is 8.75. The van der Waals surface area contributed by atoms with Crippen LogP contribution in [0.1, 0.15) is 51.6 Å². The number of halogens is 1. The van der Waals surface area contributed by atoms with Crippen molar-refractivity contribution in [1.82, 2.24) is 9.55 Å². The lowest BCUT2D eigenvalue weighted by Gasteiger charge is -2.26. The Labute approximate surface area is 199 Å². The molecule has 0 unspecified atom stereocenters. The zero-order valence-electron chi connectivity index (χ0n) is 19.0. The fourth-order valence-corrected chi connectivity index (χ4v) is 4.70. The van der Waals surface area contributed by atoms with Gasteiger partial charge in [0.15, 0.2) is 5.78 Å². The number of hydrogen-bond donors (Lipinski definition) is 0. The molecule has 0 fully saturated rings. The number of ketones is 1. The normalized spacial score (nSPS) is 14.0. The van der Waals surface area contributed by atoms with Crippen LogP contribution in [0.5, 0.6) is 5.75 Å². The molecule has 5 heteroatoms. The number of hydrogen-bond acceptors (Lipinski definition) is 3. The third-order valence-corrected chi connectivity index (χ3v) is 6.47. The van der Waals surface area contributed by atoms with E-state index < -0.39 is 0 Å². The summed E-state index contributed by atoms with van der Waals surface area (Å²) in [6.07, 6.45) is 9.07. The highest BCUT2D eigenvalue weighted by atomic mass is 19.1. The smallest absolute Gasteiger partial charge is 0.163 e. The molecule has 5 rings (SSSR count). The molecular weight excluding hydrogens is 427 g/mol. The zero-order valence-corrected chi connectivity index (χ0v) is 19.0. The molecule has 0 saturated heterocycles. The van der Waals surface area contributed by atoms with Gasteiger partial charge in [0.1, 0.15) is 17.7 Å². The molecule has 1 aliphatic carbocycles. The number of aryl methyl sites for hydroxylation is 1. The first-order valence-corrected chi connectivity index (χ1v) is 11.8. The first-order valence-electron chi connectivity index (χ1n) is 11.8. The Morgan fingerprint density at radius 3 is 2.56 bits per heavy atom. The van der Waals surface area contributed by atoms with E-state index in [1.807, 2.05) is 53.2 Å². The Kier molecular flexibility index (Phi) is 6.52. The quantitative estimate of drug-likeness (QED) is 0.321. The van der Waals surface area contributed by atoms with Gasteiger partial charge in [0, 0.05) is 24.4 Å². The van der Waals surface area contributed by atoms with Gasteiger partial charge in [0.25, 0.3) is 0 Å². The molecule has 172 valence electrons. The highest BCUT2D eigenvalue weighted by Crippen LogP contribution is 2.35. The minimum atomic E-state index is -0.235. The second-order valence-corrected chi connectivity index (χ2v) is 8.75. The van der Waals surface area contributed by atoms with E-state index in [1.165, 1.54) is 12.1 Å². The van der Waals surface area contributed by atoms with Gasteiger partial charge in [-0.1, -0.05) is 42.5 Å². The molecule has 4 aromatic rings. The molecule has 1 heterocycles. The van der Waals surface area contributed by atoms with Crippen LogP contribution >= 0.6 is 0 Å². The van der Waals surface area contributed by atoms with Crippen LogP contribution < -0.4 is 4.74 Å². The third-order valence-electron chi connectivity index (χ3n) is 6.47. The molecule has 1 aromatic heterocycles. The summed E-state index contributed by atoms with van der Waals surface area (Å²) in [4.78, 5) is 16.8. The van der Waals surface area contributed by atoms with Crippen LogP contribution in [0.3, 0.4) is 0 Å². The van der Waals surface area contributed by atoms with Gasteiger partial charge in [-0.3, -0.25) is 4.79 Å². The van der Waals surface area contributed by atoms with Crippen molar-refractivity contribution < 1.29 is 13.9 Å². The number of rotatable bonds is 8. The molecule has 4 nitrogen and oxygen atoms in total. The average molecular weight is 455 g/mol. The summed E-state index contributed by atoms with van der Waals surface area (Å²) in [6, 6.07) is 20.7. The van der Waals surface area contributed by atoms with E-state index in [1.54, 1.807) is 12.5 Å². The first-order chi connectivity index (χ1) is 16.7. The van der Waals surface area contributed by atoms with Gasteiger partial charge in [-0.15, -0.1) is 0 Å². The third kappa shape index (κ3) is 4.93. The summed E-state index contributed by atoms with van der Waals surface area (Å²) >= 11 is 0. The van der Waals surface area contributed by atoms with Gasteiger partial charge >= 0.3 is 0 Å². The highest BCUT2D eigenvalue weighted by Gasteiger charge is 2.24. The minimum Gasteiger partial charge on any atom is -0.484 e. The Balaban J connectivity index is 1.49. The molecule has 34 heavy (non-hydrogen) atoms. The predicted octanol–water partition coefficient (Wildman–Crippen LogP) is 6.15. The number of aromatic nitrogens is 2. The summed E-state index contributed by atoms with van der Waals surface area (Å²) in [7, 11) is 0. The maximum absolute atomic E-state index is 13.4. The monoisotopic (exact) mass is 454 g/mol. The number of nitrogens with zero attached hydrogens (tertiary/aromatic N) is 2. The number of imidazole rings is 1. The maximum Gasteiger partial charge on any atom is 0.163 e. The average Bonchev–Trinajstić information content (AvgIpc) is 3.38. The number of Topliss-reactive ketones (excluding diaryl/α,β-unsaturated/α-hetero) is 1. The van der Waals surface area contributed by atoms with Crippen molar-refractivity contribution in [1.29, 1.82) is 0 Å². The van der Waals surface area contributed by atoms with Crippen molar-refractivity contribution in [3.63, 3.8) is 0 Å². The van der Waals surface area contributed by atoms with Crippen LogP contribution in [0, 0.1) is 5.82 Å². The lowest BCUT2D eigenvalue weighted by atomic mass is 9.85. The second kappa shape index (κ2) is 10.0. The van der Waals surface area contributed by atoms with Crippen LogP contribution in [-0.2, 0) is 25.8 Å². The zero-order chi connectivity index (χ0) is 23.3. The number of benzene rings is 3. The molecule has 0 spiro atoms. The van der Waals surface area contributed by atoms with E-state index in [0.717, 1.165) is 59.3 Å². The van der Waals surface area contributed by atoms with Crippen LogP contribution in [0.15, 0.2) is 85.5 Å². The van der Waals surface area contributed by atoms with Gasteiger partial charge in [-0.25, -0.2) is 9.37 Å². The Bertz CT molecular complexity index is 1250. The number of carbonyl (C=O) groups is 1. The lowest BCUT2D eigenvalue weighted by molar-refractivity contribution is 0.0972. The fourth-order valence-electron chi connectivity index (χ4n) is 4.70. The van der Waals surface area contributed by atoms with Crippen molar-refractivity contribution in [2.24, 2.45) is 0 Å². The fraction of sp³-hybridized carbons (Fsp3) is 0.241. The van der Waals surface area contributed by atoms with Crippen molar-refractivity contribution in [3.05, 3.63) is 119 Å². The number of fused-ring (bicyclic) bond motifs is 1. The van der Waals surface area contributed by atoms with Crippen molar-refractivity contribution in [3.8, 4) is 5.75 Å². The van der Waals surface area contributed by atoms with Crippen molar-refractivity contribution in [2.45, 2.75) is 44.8 Å². The highest BCUT2D eigenvalue weighted by molar-refractivity contribution is 5.99. The van der Waals surface area contributed by atoms with Gasteiger partial charge in [-0.05, 0) is 72.2 Å². The number of carbonyl (C=O) groups excluding carboxylic acids is 1. The summed E-state index contributed by atoms with van der Waals surface area (Å²) in [6.45, 7) is 0.622. The summed E-state index contributed by atoms with van der Waals surface area (Å²) in [5.74, 6) is 0.777. The minimum absolute atomic E-state index is 0.203. The van der Waals surface area contributed by atoms with Crippen LogP contribution in [0.4, 0.5) is 4.39 Å². The Morgan fingerprint density at radius 2 is 1.79 bits per heavy atom. The van der Waals surface area contributed by atoms with Gasteiger partial charge < -0.3 is 9.30 Å². The maximum atomic E-state index is 13.4. The summed E-state index contributed by atoms with van der Waals surface area (Å²) in [5, 5.41) is 0. The molecule has 0 bridgehead atoms. The topological polar surface area (TPSA) is 44.1 Å². The van der Waals surface area contributed by atoms with Crippen LogP contribution in [-0.4, -0.2) is 15.3 Å². The van der Waals surface area contributed by atoms with Gasteiger partial charge in [0.05, 0.1) is 12.9 Å². The first kappa shape index (κ1) is 22.1. The summed E-state index contributed by atoms with van der Waals surface area (Å²) < 4.78 is 22.1. The molecule has 0 N–H and O–H groups in total. The molecule has 0 aliphatic heterocycles. The lowest BCUT2D eigenvalue weighted by Crippen LogP contribution is -2.18. The molecule has 0 amide bonds. The number of ether oxygens (including phenoxy) is 1. The molecular formula is C29H27FN2O2. The molecule has 1 aliphatic rings. The van der Waals surface area contributed by atoms with Crippen LogP contribution in [0.2, 0.25) is 0 Å². The van der Waals surface area contributed by atoms with E-state index in [0.29, 0.717) is 13.0 Å². The molecule has 0 saturated carbocycles. The largest absolute Gasteiger partial charge is 0.484 e. The van der Waals surface area contributed by atoms with E-state index in [2.05, 4.69) is 17.1 Å². The molecule has 1 atom stereocenters. The van der Waals surface area contributed by atoms with Crippen LogP contribution in [0.25, 0.3) is 0 Å². The SMILES string of the molecule is O=C1CCCc2c1ccc(O[C@H](Cn1ccnc1)c1ccccc1)c2CCc1ccc(F)cc1. The van der Waals surface area contributed by atoms with E-state index in [-0.39, 0.29) is 17.7 Å². The van der Waals surface area contributed by atoms with Crippen molar-refractivity contribution in [2.75, 3.05) is 0 Å². The molecule has 0 radical (unpaired) electrons. The van der Waals surface area contributed by atoms with E-state index in [9.17, 15) is 9.18 Å². The van der Waals surface area contributed by atoms with E-state index >= 15 is 0 Å². The predicted molar refractivity (Wildman–Crippen MR) is 130 cm³/mol. The van der Waals surface area contributed by atoms with Gasteiger partial charge in [0.2, 0.25) is 0 Å². The molecule has 3 aromatic carbocycles. The van der Waals surface area contributed by atoms with E-state index in [4.69, 9.17) is 4.74 Å². The Hall–Kier alpha value is -3.73. The standard InChI is InChI=1S/C29H27FN2O2/c30-23-12-9-21(10-13-23)11-14-26-24-7-4-8-27(33)25(24)15-16-28(26)34-29(19-32-18-17-31-20-32)22-5-2-1-3-6-22/h1-3,5-6,9-10,12-13,15-18,20,29H,4,7-8,11,14,19H2/t29-/m1/s1. The van der Waals surface area contributed by atoms with Gasteiger partial charge in [-0.2, -0.15) is 0 Å². The van der Waals surface area contributed by atoms with Crippen molar-refractivity contribution >= 4 is 5.78 Å². The summed E-state index contributed by atoms with van der Waals surface area (Å²) in [5.41, 5.74) is 5.14. The Morgan fingerprint density at radius 1 is 0.971 bits per heavy atom.